The van der Waals surface area contributed by atoms with Gasteiger partial charge in [-0.15, -0.1) is 0 Å². The van der Waals surface area contributed by atoms with Crippen molar-refractivity contribution in [3.05, 3.63) is 71.3 Å². The predicted molar refractivity (Wildman–Crippen MR) is 94.0 cm³/mol. The summed E-state index contributed by atoms with van der Waals surface area (Å²) in [7, 11) is 0. The first-order chi connectivity index (χ1) is 10.9. The minimum atomic E-state index is 0.728. The van der Waals surface area contributed by atoms with Gasteiger partial charge >= 0.3 is 0 Å². The molecule has 0 bridgehead atoms. The molecule has 0 atom stereocenters. The largest absolute Gasteiger partial charge is 0.310 e. The zero-order valence-electron chi connectivity index (χ0n) is 13.4. The van der Waals surface area contributed by atoms with E-state index in [1.54, 1.807) is 0 Å². The molecular weight excluding hydrogens is 266 g/mol. The Morgan fingerprint density at radius 1 is 0.682 bits per heavy atom. The Balaban J connectivity index is 1.50. The maximum Gasteiger partial charge on any atom is 0.0208 e. The third-order valence-electron chi connectivity index (χ3n) is 4.72. The van der Waals surface area contributed by atoms with Crippen LogP contribution in [0.1, 0.15) is 55.2 Å². The normalized spacial score (nSPS) is 16.4. The SMILES string of the molecule is c1ccc(Cc2ccc(CNC3CCCCCC3)cc2)cc1. The van der Waals surface area contributed by atoms with Gasteiger partial charge in [-0.2, -0.15) is 0 Å². The van der Waals surface area contributed by atoms with Crippen LogP contribution in [0.15, 0.2) is 54.6 Å². The zero-order chi connectivity index (χ0) is 15.0. The molecule has 0 heterocycles. The molecule has 0 amide bonds. The highest BCUT2D eigenvalue weighted by atomic mass is 14.9. The molecule has 1 fully saturated rings. The van der Waals surface area contributed by atoms with Crippen molar-refractivity contribution >= 4 is 0 Å². The van der Waals surface area contributed by atoms with Crippen molar-refractivity contribution in [1.82, 2.24) is 5.32 Å². The quantitative estimate of drug-likeness (QED) is 0.757. The third-order valence-corrected chi connectivity index (χ3v) is 4.72. The number of rotatable bonds is 5. The topological polar surface area (TPSA) is 12.0 Å². The van der Waals surface area contributed by atoms with E-state index >= 15 is 0 Å². The summed E-state index contributed by atoms with van der Waals surface area (Å²) in [6.45, 7) is 1.01. The molecule has 1 nitrogen and oxygen atoms in total. The van der Waals surface area contributed by atoms with Crippen LogP contribution >= 0.6 is 0 Å². The molecule has 0 radical (unpaired) electrons. The van der Waals surface area contributed by atoms with Gasteiger partial charge in [0.1, 0.15) is 0 Å². The Hall–Kier alpha value is -1.60. The van der Waals surface area contributed by atoms with Crippen molar-refractivity contribution in [3.63, 3.8) is 0 Å². The van der Waals surface area contributed by atoms with E-state index in [1.165, 1.54) is 55.2 Å². The predicted octanol–water partition coefficient (Wildman–Crippen LogP) is 5.09. The highest BCUT2D eigenvalue weighted by Crippen LogP contribution is 2.18. The van der Waals surface area contributed by atoms with E-state index in [1.807, 2.05) is 0 Å². The van der Waals surface area contributed by atoms with E-state index in [2.05, 4.69) is 59.9 Å². The molecule has 0 aromatic heterocycles. The molecule has 1 aliphatic carbocycles. The van der Waals surface area contributed by atoms with Gasteiger partial charge in [-0.3, -0.25) is 0 Å². The van der Waals surface area contributed by atoms with Crippen molar-refractivity contribution in [2.24, 2.45) is 0 Å². The third kappa shape index (κ3) is 4.71. The van der Waals surface area contributed by atoms with E-state index in [9.17, 15) is 0 Å². The van der Waals surface area contributed by atoms with Crippen LogP contribution in [0.3, 0.4) is 0 Å². The number of nitrogens with one attached hydrogen (secondary N) is 1. The number of hydrogen-bond donors (Lipinski definition) is 1. The summed E-state index contributed by atoms with van der Waals surface area (Å²) < 4.78 is 0. The van der Waals surface area contributed by atoms with Gasteiger partial charge in [0.25, 0.3) is 0 Å². The van der Waals surface area contributed by atoms with E-state index in [4.69, 9.17) is 0 Å². The fourth-order valence-corrected chi connectivity index (χ4v) is 3.35. The minimum absolute atomic E-state index is 0.728. The van der Waals surface area contributed by atoms with Gasteiger partial charge in [0.05, 0.1) is 0 Å². The molecule has 2 aromatic rings. The lowest BCUT2D eigenvalue weighted by Gasteiger charge is -2.16. The van der Waals surface area contributed by atoms with Crippen molar-refractivity contribution in [2.45, 2.75) is 57.5 Å². The van der Waals surface area contributed by atoms with Crippen LogP contribution in [0.25, 0.3) is 0 Å². The second-order valence-electron chi connectivity index (χ2n) is 6.55. The second kappa shape index (κ2) is 8.14. The molecule has 1 heteroatoms. The molecule has 1 aliphatic rings. The summed E-state index contributed by atoms with van der Waals surface area (Å²) in [5.74, 6) is 0. The molecule has 2 aromatic carbocycles. The first-order valence-electron chi connectivity index (χ1n) is 8.75. The van der Waals surface area contributed by atoms with E-state index in [0.29, 0.717) is 0 Å². The van der Waals surface area contributed by atoms with Crippen LogP contribution in [-0.4, -0.2) is 6.04 Å². The number of hydrogen-bond acceptors (Lipinski definition) is 1. The Bertz CT molecular complexity index is 536. The van der Waals surface area contributed by atoms with Crippen LogP contribution < -0.4 is 5.32 Å². The highest BCUT2D eigenvalue weighted by molar-refractivity contribution is 5.28. The maximum absolute atomic E-state index is 3.75. The summed E-state index contributed by atoms with van der Waals surface area (Å²) in [6, 6.07) is 20.5. The van der Waals surface area contributed by atoms with Gasteiger partial charge in [0, 0.05) is 12.6 Å². The van der Waals surface area contributed by atoms with Crippen LogP contribution in [-0.2, 0) is 13.0 Å². The molecule has 1 N–H and O–H groups in total. The summed E-state index contributed by atoms with van der Waals surface area (Å²) in [6.07, 6.45) is 9.37. The van der Waals surface area contributed by atoms with Crippen molar-refractivity contribution in [1.29, 1.82) is 0 Å². The first-order valence-corrected chi connectivity index (χ1v) is 8.75. The molecule has 0 aliphatic heterocycles. The van der Waals surface area contributed by atoms with Crippen molar-refractivity contribution in [2.75, 3.05) is 0 Å². The van der Waals surface area contributed by atoms with Gasteiger partial charge in [0.15, 0.2) is 0 Å². The smallest absolute Gasteiger partial charge is 0.0208 e. The Labute approximate surface area is 134 Å². The molecule has 116 valence electrons. The average molecular weight is 293 g/mol. The standard InChI is InChI=1S/C21H27N/c1-2-7-11-21(10-6-1)22-17-20-14-12-19(13-15-20)16-18-8-4-3-5-9-18/h3-5,8-9,12-15,21-22H,1-2,6-7,10-11,16-17H2. The lowest BCUT2D eigenvalue weighted by Crippen LogP contribution is -2.27. The van der Waals surface area contributed by atoms with Crippen LogP contribution in [0.5, 0.6) is 0 Å². The van der Waals surface area contributed by atoms with Crippen LogP contribution in [0.4, 0.5) is 0 Å². The maximum atomic E-state index is 3.75. The zero-order valence-corrected chi connectivity index (χ0v) is 13.4. The minimum Gasteiger partial charge on any atom is -0.310 e. The number of benzene rings is 2. The first kappa shape index (κ1) is 15.3. The van der Waals surface area contributed by atoms with Gasteiger partial charge in [0.2, 0.25) is 0 Å². The Morgan fingerprint density at radius 2 is 1.27 bits per heavy atom. The van der Waals surface area contributed by atoms with E-state index < -0.39 is 0 Å². The fraction of sp³-hybridized carbons (Fsp3) is 0.429. The highest BCUT2D eigenvalue weighted by Gasteiger charge is 2.11. The summed E-state index contributed by atoms with van der Waals surface area (Å²) in [5.41, 5.74) is 4.18. The van der Waals surface area contributed by atoms with Crippen LogP contribution in [0, 0.1) is 0 Å². The van der Waals surface area contributed by atoms with Gasteiger partial charge < -0.3 is 5.32 Å². The van der Waals surface area contributed by atoms with E-state index in [-0.39, 0.29) is 0 Å². The lowest BCUT2D eigenvalue weighted by molar-refractivity contribution is 0.459. The van der Waals surface area contributed by atoms with E-state index in [0.717, 1.165) is 19.0 Å². The molecule has 0 spiro atoms. The van der Waals surface area contributed by atoms with Crippen LogP contribution in [0.2, 0.25) is 0 Å². The summed E-state index contributed by atoms with van der Waals surface area (Å²) >= 11 is 0. The molecule has 3 rings (SSSR count). The van der Waals surface area contributed by atoms with Gasteiger partial charge in [-0.1, -0.05) is 80.3 Å². The molecule has 1 saturated carbocycles. The molecule has 22 heavy (non-hydrogen) atoms. The van der Waals surface area contributed by atoms with Crippen molar-refractivity contribution < 1.29 is 0 Å². The molecule has 0 saturated heterocycles. The average Bonchev–Trinajstić information content (AvgIpc) is 2.84. The Kier molecular flexibility index (Phi) is 5.66. The Morgan fingerprint density at radius 3 is 1.95 bits per heavy atom. The molecular formula is C21H27N. The summed E-state index contributed by atoms with van der Waals surface area (Å²) in [5, 5.41) is 3.75. The van der Waals surface area contributed by atoms with Gasteiger partial charge in [-0.25, -0.2) is 0 Å². The van der Waals surface area contributed by atoms with Crippen molar-refractivity contribution in [3.8, 4) is 0 Å². The molecule has 0 unspecified atom stereocenters. The van der Waals surface area contributed by atoms with Gasteiger partial charge in [-0.05, 0) is 36.0 Å². The fourth-order valence-electron chi connectivity index (χ4n) is 3.35. The summed E-state index contributed by atoms with van der Waals surface area (Å²) in [4.78, 5) is 0. The second-order valence-corrected chi connectivity index (χ2v) is 6.55. The lowest BCUT2D eigenvalue weighted by atomic mass is 10.0. The monoisotopic (exact) mass is 293 g/mol.